The average molecular weight is 268 g/mol. The van der Waals surface area contributed by atoms with Gasteiger partial charge in [-0.15, -0.1) is 0 Å². The maximum absolute atomic E-state index is 13.9. The Morgan fingerprint density at radius 1 is 1.39 bits per heavy atom. The summed E-state index contributed by atoms with van der Waals surface area (Å²) in [6.07, 6.45) is 1.71. The molecular weight excluding hydrogens is 257 g/mol. The highest BCUT2D eigenvalue weighted by atomic mass is 35.5. The number of ether oxygens (including phenoxy) is 1. The average Bonchev–Trinajstić information content (AvgIpc) is 2.35. The van der Waals surface area contributed by atoms with E-state index in [1.165, 1.54) is 12.4 Å². The molecule has 0 aliphatic rings. The number of hydrogen-bond donors (Lipinski definition) is 1. The van der Waals surface area contributed by atoms with Gasteiger partial charge in [-0.2, -0.15) is 9.37 Å². The van der Waals surface area contributed by atoms with Crippen LogP contribution in [0.25, 0.3) is 0 Å². The summed E-state index contributed by atoms with van der Waals surface area (Å²) in [6, 6.07) is 4.69. The third kappa shape index (κ3) is 2.51. The molecule has 1 aromatic heterocycles. The number of aromatic nitrogens is 2. The van der Waals surface area contributed by atoms with E-state index in [1.807, 2.05) is 0 Å². The van der Waals surface area contributed by atoms with Crippen molar-refractivity contribution in [1.29, 1.82) is 0 Å². The van der Waals surface area contributed by atoms with E-state index in [1.54, 1.807) is 19.1 Å². The van der Waals surface area contributed by atoms with Gasteiger partial charge in [0, 0.05) is 5.02 Å². The second-order valence-corrected chi connectivity index (χ2v) is 4.01. The summed E-state index contributed by atoms with van der Waals surface area (Å²) in [6.45, 7) is 1.80. The lowest BCUT2D eigenvalue weighted by atomic mass is 10.3. The van der Waals surface area contributed by atoms with Gasteiger partial charge >= 0.3 is 0 Å². The minimum Gasteiger partial charge on any atom is -0.434 e. The Balaban J connectivity index is 2.34. The maximum Gasteiger partial charge on any atom is 0.259 e. The summed E-state index contributed by atoms with van der Waals surface area (Å²) >= 11 is 5.76. The van der Waals surface area contributed by atoms with Crippen LogP contribution in [0.5, 0.6) is 11.6 Å². The van der Waals surface area contributed by atoms with Gasteiger partial charge in [0.25, 0.3) is 5.88 Å². The largest absolute Gasteiger partial charge is 0.434 e. The number of rotatable bonds is 3. The van der Waals surface area contributed by atoms with Crippen molar-refractivity contribution >= 4 is 17.3 Å². The Hall–Kier alpha value is -1.88. The standard InChI is InChI=1S/C12H11ClFN3O/c1-2-9-11(14)12(17-6-16-9)18-10-4-3-7(13)5-8(10)15/h3-6H,2,15H2,1H3. The number of hydrogen-bond acceptors (Lipinski definition) is 4. The van der Waals surface area contributed by atoms with Gasteiger partial charge in [-0.1, -0.05) is 18.5 Å². The van der Waals surface area contributed by atoms with Crippen LogP contribution in [0.1, 0.15) is 12.6 Å². The summed E-state index contributed by atoms with van der Waals surface area (Å²) in [4.78, 5) is 7.57. The predicted molar refractivity (Wildman–Crippen MR) is 67.3 cm³/mol. The molecule has 1 aromatic carbocycles. The van der Waals surface area contributed by atoms with E-state index in [4.69, 9.17) is 22.1 Å². The molecule has 0 unspecified atom stereocenters. The zero-order chi connectivity index (χ0) is 13.1. The molecule has 0 amide bonds. The van der Waals surface area contributed by atoms with Gasteiger partial charge in [0.1, 0.15) is 6.33 Å². The first-order valence-electron chi connectivity index (χ1n) is 5.34. The van der Waals surface area contributed by atoms with Gasteiger partial charge < -0.3 is 10.5 Å². The molecule has 6 heteroatoms. The van der Waals surface area contributed by atoms with E-state index in [9.17, 15) is 4.39 Å². The minimum atomic E-state index is -0.575. The molecule has 0 saturated heterocycles. The molecule has 0 saturated carbocycles. The van der Waals surface area contributed by atoms with Crippen LogP contribution in [-0.2, 0) is 6.42 Å². The molecule has 2 rings (SSSR count). The smallest absolute Gasteiger partial charge is 0.259 e. The summed E-state index contributed by atoms with van der Waals surface area (Å²) in [7, 11) is 0. The van der Waals surface area contributed by atoms with Crippen molar-refractivity contribution < 1.29 is 9.13 Å². The van der Waals surface area contributed by atoms with Crippen LogP contribution in [0, 0.1) is 5.82 Å². The molecule has 18 heavy (non-hydrogen) atoms. The number of nitrogen functional groups attached to an aromatic ring is 1. The molecule has 2 N–H and O–H groups in total. The van der Waals surface area contributed by atoms with Gasteiger partial charge in [0.15, 0.2) is 5.75 Å². The Kier molecular flexibility index (Phi) is 3.62. The van der Waals surface area contributed by atoms with Crippen molar-refractivity contribution in [3.05, 3.63) is 41.1 Å². The first-order valence-corrected chi connectivity index (χ1v) is 5.72. The first kappa shape index (κ1) is 12.6. The van der Waals surface area contributed by atoms with Gasteiger partial charge in [0.2, 0.25) is 5.82 Å². The summed E-state index contributed by atoms with van der Waals surface area (Å²) in [5.41, 5.74) is 6.33. The maximum atomic E-state index is 13.9. The minimum absolute atomic E-state index is 0.143. The predicted octanol–water partition coefficient (Wildman–Crippen LogP) is 3.21. The molecule has 1 heterocycles. The Bertz CT molecular complexity index is 577. The van der Waals surface area contributed by atoms with E-state index in [0.29, 0.717) is 28.6 Å². The molecular formula is C12H11ClFN3O. The zero-order valence-electron chi connectivity index (χ0n) is 9.65. The Labute approximate surface area is 109 Å². The van der Waals surface area contributed by atoms with E-state index >= 15 is 0 Å². The molecule has 0 atom stereocenters. The van der Waals surface area contributed by atoms with E-state index in [-0.39, 0.29) is 5.88 Å². The molecule has 94 valence electrons. The molecule has 0 radical (unpaired) electrons. The Morgan fingerprint density at radius 3 is 2.83 bits per heavy atom. The fourth-order valence-electron chi connectivity index (χ4n) is 1.42. The lowest BCUT2D eigenvalue weighted by Gasteiger charge is -2.09. The number of anilines is 1. The first-order chi connectivity index (χ1) is 8.61. The van der Waals surface area contributed by atoms with Crippen molar-refractivity contribution in [2.75, 3.05) is 5.73 Å². The molecule has 0 aliphatic heterocycles. The van der Waals surface area contributed by atoms with Crippen LogP contribution in [0.3, 0.4) is 0 Å². The highest BCUT2D eigenvalue weighted by Gasteiger charge is 2.13. The topological polar surface area (TPSA) is 61.0 Å². The van der Waals surface area contributed by atoms with Crippen molar-refractivity contribution in [3.8, 4) is 11.6 Å². The summed E-state index contributed by atoms with van der Waals surface area (Å²) < 4.78 is 19.2. The van der Waals surface area contributed by atoms with Crippen molar-refractivity contribution in [1.82, 2.24) is 9.97 Å². The van der Waals surface area contributed by atoms with Crippen LogP contribution in [0.15, 0.2) is 24.5 Å². The molecule has 2 aromatic rings. The molecule has 0 fully saturated rings. The summed E-state index contributed by atoms with van der Waals surface area (Å²) in [5.74, 6) is -0.413. The quantitative estimate of drug-likeness (QED) is 0.868. The molecule has 4 nitrogen and oxygen atoms in total. The van der Waals surface area contributed by atoms with Gasteiger partial charge in [0.05, 0.1) is 11.4 Å². The third-order valence-electron chi connectivity index (χ3n) is 2.34. The number of nitrogens with zero attached hydrogens (tertiary/aromatic N) is 2. The van der Waals surface area contributed by atoms with E-state index < -0.39 is 5.82 Å². The Morgan fingerprint density at radius 2 is 2.17 bits per heavy atom. The van der Waals surface area contributed by atoms with Gasteiger partial charge in [-0.05, 0) is 24.6 Å². The van der Waals surface area contributed by atoms with Crippen LogP contribution >= 0.6 is 11.6 Å². The lowest BCUT2D eigenvalue weighted by Crippen LogP contribution is -2.00. The highest BCUT2D eigenvalue weighted by molar-refractivity contribution is 6.30. The fraction of sp³-hybridized carbons (Fsp3) is 0.167. The monoisotopic (exact) mass is 267 g/mol. The zero-order valence-corrected chi connectivity index (χ0v) is 10.4. The van der Waals surface area contributed by atoms with Gasteiger partial charge in [-0.25, -0.2) is 4.98 Å². The SMILES string of the molecule is CCc1ncnc(Oc2ccc(Cl)cc2N)c1F. The summed E-state index contributed by atoms with van der Waals surface area (Å²) in [5, 5.41) is 0.484. The van der Waals surface area contributed by atoms with E-state index in [2.05, 4.69) is 9.97 Å². The number of nitrogens with two attached hydrogens (primary N) is 1. The molecule has 0 bridgehead atoms. The normalized spacial score (nSPS) is 10.4. The van der Waals surface area contributed by atoms with Crippen molar-refractivity contribution in [3.63, 3.8) is 0 Å². The van der Waals surface area contributed by atoms with Crippen LogP contribution in [0.2, 0.25) is 5.02 Å². The molecule has 0 spiro atoms. The number of benzene rings is 1. The third-order valence-corrected chi connectivity index (χ3v) is 2.58. The van der Waals surface area contributed by atoms with Crippen molar-refractivity contribution in [2.45, 2.75) is 13.3 Å². The lowest BCUT2D eigenvalue weighted by molar-refractivity contribution is 0.417. The van der Waals surface area contributed by atoms with Crippen LogP contribution in [-0.4, -0.2) is 9.97 Å². The van der Waals surface area contributed by atoms with Crippen LogP contribution < -0.4 is 10.5 Å². The number of halogens is 2. The second-order valence-electron chi connectivity index (χ2n) is 3.58. The van der Waals surface area contributed by atoms with E-state index in [0.717, 1.165) is 0 Å². The van der Waals surface area contributed by atoms with Crippen molar-refractivity contribution in [2.24, 2.45) is 0 Å². The number of aryl methyl sites for hydroxylation is 1. The molecule has 0 aliphatic carbocycles. The van der Waals surface area contributed by atoms with Gasteiger partial charge in [-0.3, -0.25) is 0 Å². The fourth-order valence-corrected chi connectivity index (χ4v) is 1.60. The second kappa shape index (κ2) is 5.18. The van der Waals surface area contributed by atoms with Crippen LogP contribution in [0.4, 0.5) is 10.1 Å². The highest BCUT2D eigenvalue weighted by Crippen LogP contribution is 2.30.